The Morgan fingerprint density at radius 2 is 1.90 bits per heavy atom. The third kappa shape index (κ3) is 3.98. The van der Waals surface area contributed by atoms with Crippen molar-refractivity contribution in [1.82, 2.24) is 10.2 Å². The van der Waals surface area contributed by atoms with Crippen molar-refractivity contribution in [3.05, 3.63) is 29.8 Å². The number of benzene rings is 1. The predicted octanol–water partition coefficient (Wildman–Crippen LogP) is 2.87. The molecule has 1 atom stereocenters. The van der Waals surface area contributed by atoms with Crippen LogP contribution in [0.2, 0.25) is 0 Å². The molecule has 0 radical (unpaired) electrons. The quantitative estimate of drug-likeness (QED) is 0.922. The summed E-state index contributed by atoms with van der Waals surface area (Å²) in [5, 5.41) is 3.53. The highest BCUT2D eigenvalue weighted by molar-refractivity contribution is 5.29. The summed E-state index contributed by atoms with van der Waals surface area (Å²) in [6.07, 6.45) is 5.36. The Bertz CT molecular complexity index is 417. The van der Waals surface area contributed by atoms with Gasteiger partial charge in [0.15, 0.2) is 0 Å². The van der Waals surface area contributed by atoms with Crippen LogP contribution in [0.25, 0.3) is 0 Å². The Kier molecular flexibility index (Phi) is 5.15. The largest absolute Gasteiger partial charge is 0.497 e. The molecular weight excluding hydrogens is 260 g/mol. The summed E-state index contributed by atoms with van der Waals surface area (Å²) in [4.78, 5) is 2.68. The van der Waals surface area contributed by atoms with E-state index in [0.717, 1.165) is 17.6 Å². The van der Waals surface area contributed by atoms with Gasteiger partial charge in [-0.25, -0.2) is 0 Å². The Labute approximate surface area is 128 Å². The third-order valence-corrected chi connectivity index (χ3v) is 5.09. The lowest BCUT2D eigenvalue weighted by molar-refractivity contribution is 0.169. The van der Waals surface area contributed by atoms with E-state index in [-0.39, 0.29) is 0 Å². The standard InChI is InChI=1S/C18H28N2O/c1-21-18-6-4-16(5-7-18)17-8-11-20(12-9-17)14-15-3-2-10-19-13-15/h4-7,15,17,19H,2-3,8-14H2,1H3. The first kappa shape index (κ1) is 14.9. The summed E-state index contributed by atoms with van der Waals surface area (Å²) in [6, 6.07) is 8.67. The van der Waals surface area contributed by atoms with Gasteiger partial charge in [0.2, 0.25) is 0 Å². The maximum Gasteiger partial charge on any atom is 0.118 e. The molecule has 1 N–H and O–H groups in total. The first-order chi connectivity index (χ1) is 10.3. The number of likely N-dealkylation sites (tertiary alicyclic amines) is 1. The number of nitrogens with zero attached hydrogens (tertiary/aromatic N) is 1. The average Bonchev–Trinajstić information content (AvgIpc) is 2.57. The summed E-state index contributed by atoms with van der Waals surface area (Å²) in [5.74, 6) is 2.56. The highest BCUT2D eigenvalue weighted by Crippen LogP contribution is 2.29. The minimum Gasteiger partial charge on any atom is -0.497 e. The van der Waals surface area contributed by atoms with Crippen molar-refractivity contribution in [1.29, 1.82) is 0 Å². The van der Waals surface area contributed by atoms with Crippen LogP contribution in [0.3, 0.4) is 0 Å². The number of rotatable bonds is 4. The van der Waals surface area contributed by atoms with Gasteiger partial charge < -0.3 is 15.0 Å². The maximum atomic E-state index is 5.24. The molecule has 3 heteroatoms. The summed E-state index contributed by atoms with van der Waals surface area (Å²) in [6.45, 7) is 6.25. The predicted molar refractivity (Wildman–Crippen MR) is 87.0 cm³/mol. The summed E-state index contributed by atoms with van der Waals surface area (Å²) in [7, 11) is 1.73. The smallest absolute Gasteiger partial charge is 0.118 e. The number of methoxy groups -OCH3 is 1. The zero-order chi connectivity index (χ0) is 14.5. The van der Waals surface area contributed by atoms with Crippen LogP contribution >= 0.6 is 0 Å². The molecule has 2 aliphatic heterocycles. The van der Waals surface area contributed by atoms with Crippen LogP contribution in [0.1, 0.15) is 37.2 Å². The van der Waals surface area contributed by atoms with Gasteiger partial charge in [0, 0.05) is 6.54 Å². The lowest BCUT2D eigenvalue weighted by atomic mass is 9.88. The van der Waals surface area contributed by atoms with Crippen molar-refractivity contribution < 1.29 is 4.74 Å². The zero-order valence-corrected chi connectivity index (χ0v) is 13.2. The van der Waals surface area contributed by atoms with Gasteiger partial charge in [-0.2, -0.15) is 0 Å². The summed E-state index contributed by atoms with van der Waals surface area (Å²) < 4.78 is 5.24. The van der Waals surface area contributed by atoms with Crippen molar-refractivity contribution in [2.24, 2.45) is 5.92 Å². The van der Waals surface area contributed by atoms with Crippen LogP contribution in [0.4, 0.5) is 0 Å². The number of hydrogen-bond donors (Lipinski definition) is 1. The van der Waals surface area contributed by atoms with Crippen molar-refractivity contribution in [3.63, 3.8) is 0 Å². The molecule has 1 aromatic rings. The summed E-state index contributed by atoms with van der Waals surface area (Å²) in [5.41, 5.74) is 1.48. The van der Waals surface area contributed by atoms with Crippen LogP contribution in [0.5, 0.6) is 5.75 Å². The van der Waals surface area contributed by atoms with E-state index < -0.39 is 0 Å². The molecule has 0 aliphatic carbocycles. The molecule has 2 saturated heterocycles. The SMILES string of the molecule is COc1ccc(C2CCN(CC3CCCNC3)CC2)cc1. The van der Waals surface area contributed by atoms with Crippen molar-refractivity contribution >= 4 is 0 Å². The van der Waals surface area contributed by atoms with Gasteiger partial charge in [-0.05, 0) is 81.4 Å². The highest BCUT2D eigenvalue weighted by atomic mass is 16.5. The zero-order valence-electron chi connectivity index (χ0n) is 13.2. The first-order valence-corrected chi connectivity index (χ1v) is 8.42. The maximum absolute atomic E-state index is 5.24. The molecule has 3 nitrogen and oxygen atoms in total. The van der Waals surface area contributed by atoms with E-state index in [1.165, 1.54) is 64.0 Å². The molecule has 21 heavy (non-hydrogen) atoms. The lowest BCUT2D eigenvalue weighted by Crippen LogP contribution is -2.41. The molecule has 0 bridgehead atoms. The summed E-state index contributed by atoms with van der Waals surface area (Å²) >= 11 is 0. The number of ether oxygens (including phenoxy) is 1. The second kappa shape index (κ2) is 7.28. The van der Waals surface area contributed by atoms with E-state index >= 15 is 0 Å². The molecule has 1 aromatic carbocycles. The van der Waals surface area contributed by atoms with Gasteiger partial charge in [-0.15, -0.1) is 0 Å². The van der Waals surface area contributed by atoms with Crippen molar-refractivity contribution in [3.8, 4) is 5.75 Å². The van der Waals surface area contributed by atoms with Crippen molar-refractivity contribution in [2.45, 2.75) is 31.6 Å². The Hall–Kier alpha value is -1.06. The van der Waals surface area contributed by atoms with E-state index in [9.17, 15) is 0 Å². The Balaban J connectivity index is 1.47. The molecule has 0 aromatic heterocycles. The van der Waals surface area contributed by atoms with Gasteiger partial charge in [0.1, 0.15) is 5.75 Å². The second-order valence-corrected chi connectivity index (χ2v) is 6.56. The van der Waals surface area contributed by atoms with Gasteiger partial charge in [-0.1, -0.05) is 12.1 Å². The van der Waals surface area contributed by atoms with E-state index in [0.29, 0.717) is 0 Å². The minimum atomic E-state index is 0.733. The van der Waals surface area contributed by atoms with Crippen LogP contribution in [0, 0.1) is 5.92 Å². The number of hydrogen-bond acceptors (Lipinski definition) is 3. The number of piperidine rings is 2. The van der Waals surface area contributed by atoms with E-state index in [1.54, 1.807) is 7.11 Å². The molecule has 2 heterocycles. The van der Waals surface area contributed by atoms with Crippen molar-refractivity contribution in [2.75, 3.05) is 39.8 Å². The molecule has 0 saturated carbocycles. The molecule has 2 aliphatic rings. The molecule has 1 unspecified atom stereocenters. The van der Waals surface area contributed by atoms with Crippen LogP contribution in [-0.4, -0.2) is 44.7 Å². The lowest BCUT2D eigenvalue weighted by Gasteiger charge is -2.35. The van der Waals surface area contributed by atoms with E-state index in [2.05, 4.69) is 34.5 Å². The Morgan fingerprint density at radius 3 is 2.52 bits per heavy atom. The molecule has 2 fully saturated rings. The third-order valence-electron chi connectivity index (χ3n) is 5.09. The monoisotopic (exact) mass is 288 g/mol. The fourth-order valence-electron chi connectivity index (χ4n) is 3.77. The topological polar surface area (TPSA) is 24.5 Å². The van der Waals surface area contributed by atoms with Gasteiger partial charge in [0.25, 0.3) is 0 Å². The molecular formula is C18H28N2O. The highest BCUT2D eigenvalue weighted by Gasteiger charge is 2.23. The molecule has 116 valence electrons. The fraction of sp³-hybridized carbons (Fsp3) is 0.667. The van der Waals surface area contributed by atoms with Gasteiger partial charge in [0.05, 0.1) is 7.11 Å². The van der Waals surface area contributed by atoms with Crippen LogP contribution < -0.4 is 10.1 Å². The molecule has 0 spiro atoms. The Morgan fingerprint density at radius 1 is 1.14 bits per heavy atom. The number of nitrogens with one attached hydrogen (secondary N) is 1. The minimum absolute atomic E-state index is 0.733. The second-order valence-electron chi connectivity index (χ2n) is 6.56. The van der Waals surface area contributed by atoms with E-state index in [1.807, 2.05) is 0 Å². The normalized spacial score (nSPS) is 24.9. The van der Waals surface area contributed by atoms with E-state index in [4.69, 9.17) is 4.74 Å². The molecule has 0 amide bonds. The fourth-order valence-corrected chi connectivity index (χ4v) is 3.77. The van der Waals surface area contributed by atoms with Gasteiger partial charge in [-0.3, -0.25) is 0 Å². The van der Waals surface area contributed by atoms with Crippen LogP contribution in [0.15, 0.2) is 24.3 Å². The average molecular weight is 288 g/mol. The van der Waals surface area contributed by atoms with Crippen LogP contribution in [-0.2, 0) is 0 Å². The van der Waals surface area contributed by atoms with Gasteiger partial charge >= 0.3 is 0 Å². The first-order valence-electron chi connectivity index (χ1n) is 8.42. The molecule has 3 rings (SSSR count).